The van der Waals surface area contributed by atoms with Crippen LogP contribution in [0.1, 0.15) is 21.6 Å². The van der Waals surface area contributed by atoms with Crippen molar-refractivity contribution in [3.63, 3.8) is 0 Å². The number of amides is 1. The maximum Gasteiger partial charge on any atom is 0.249 e. The maximum absolute atomic E-state index is 11.8. The van der Waals surface area contributed by atoms with E-state index in [0.717, 1.165) is 27.8 Å². The van der Waals surface area contributed by atoms with E-state index in [4.69, 9.17) is 5.73 Å². The predicted molar refractivity (Wildman–Crippen MR) is 108 cm³/mol. The van der Waals surface area contributed by atoms with Gasteiger partial charge in [0.15, 0.2) is 5.65 Å². The molecule has 3 heterocycles. The molecule has 3 aromatic heterocycles. The summed E-state index contributed by atoms with van der Waals surface area (Å²) < 4.78 is 0. The topological polar surface area (TPSA) is 107 Å². The van der Waals surface area contributed by atoms with Crippen LogP contribution in [0.25, 0.3) is 22.2 Å². The van der Waals surface area contributed by atoms with Crippen LogP contribution in [-0.2, 0) is 6.54 Å². The molecule has 28 heavy (non-hydrogen) atoms. The zero-order valence-electron chi connectivity index (χ0n) is 15.3. The van der Waals surface area contributed by atoms with Crippen molar-refractivity contribution in [1.82, 2.24) is 19.9 Å². The number of fused-ring (bicyclic) bond motifs is 1. The molecule has 0 saturated carbocycles. The van der Waals surface area contributed by atoms with E-state index in [1.165, 1.54) is 6.33 Å². The molecule has 0 unspecified atom stereocenters. The number of nitrogens with zero attached hydrogens (tertiary/aromatic N) is 4. The van der Waals surface area contributed by atoms with Crippen molar-refractivity contribution in [2.45, 2.75) is 13.5 Å². The second-order valence-electron chi connectivity index (χ2n) is 6.39. The highest BCUT2D eigenvalue weighted by Gasteiger charge is 2.12. The van der Waals surface area contributed by atoms with Crippen molar-refractivity contribution >= 4 is 22.8 Å². The van der Waals surface area contributed by atoms with Crippen LogP contribution < -0.4 is 11.1 Å². The number of nitrogens with one attached hydrogen (secondary N) is 1. The largest absolute Gasteiger partial charge is 0.366 e. The number of aryl methyl sites for hydroxylation is 1. The molecule has 1 aromatic carbocycles. The summed E-state index contributed by atoms with van der Waals surface area (Å²) in [6.07, 6.45) is 4.99. The highest BCUT2D eigenvalue weighted by atomic mass is 16.1. The third kappa shape index (κ3) is 3.50. The van der Waals surface area contributed by atoms with Gasteiger partial charge in [0.25, 0.3) is 0 Å². The number of carbonyl (C=O) groups excluding carboxylic acids is 1. The van der Waals surface area contributed by atoms with Gasteiger partial charge in [-0.3, -0.25) is 9.78 Å². The average molecular weight is 370 g/mol. The lowest BCUT2D eigenvalue weighted by Crippen LogP contribution is -2.12. The van der Waals surface area contributed by atoms with Crippen LogP contribution in [0.15, 0.2) is 61.2 Å². The molecule has 0 aliphatic heterocycles. The Kier molecular flexibility index (Phi) is 4.63. The van der Waals surface area contributed by atoms with Gasteiger partial charge < -0.3 is 11.1 Å². The molecule has 0 fully saturated rings. The monoisotopic (exact) mass is 370 g/mol. The molecule has 0 bridgehead atoms. The number of pyridine rings is 2. The lowest BCUT2D eigenvalue weighted by Gasteiger charge is -2.11. The molecule has 4 aromatic rings. The number of rotatable bonds is 5. The van der Waals surface area contributed by atoms with Gasteiger partial charge in [-0.1, -0.05) is 24.3 Å². The van der Waals surface area contributed by atoms with Gasteiger partial charge >= 0.3 is 0 Å². The van der Waals surface area contributed by atoms with Crippen LogP contribution in [0.3, 0.4) is 0 Å². The summed E-state index contributed by atoms with van der Waals surface area (Å²) in [5, 5.41) is 4.08. The van der Waals surface area contributed by atoms with E-state index in [1.54, 1.807) is 18.3 Å². The number of anilines is 1. The van der Waals surface area contributed by atoms with Crippen LogP contribution >= 0.6 is 0 Å². The number of hydrogen-bond acceptors (Lipinski definition) is 6. The van der Waals surface area contributed by atoms with Crippen molar-refractivity contribution < 1.29 is 4.79 Å². The standard InChI is InChI=1S/C21H18N6O/c1-13-6-7-14(9-23-13)10-24-20-18-8-15(11-25-21(18)27-12-26-20)16-4-2-3-5-17(16)19(22)28/h2-9,11-12H,10H2,1H3,(H2,22,28)(H,24,25,26,27). The normalized spacial score (nSPS) is 10.8. The molecule has 0 saturated heterocycles. The van der Waals surface area contributed by atoms with Gasteiger partial charge in [-0.2, -0.15) is 0 Å². The summed E-state index contributed by atoms with van der Waals surface area (Å²) in [5.74, 6) is 0.182. The molecule has 7 heteroatoms. The first kappa shape index (κ1) is 17.5. The summed E-state index contributed by atoms with van der Waals surface area (Å²) in [5.41, 5.74) is 10.0. The molecular weight excluding hydrogens is 352 g/mol. The van der Waals surface area contributed by atoms with E-state index in [1.807, 2.05) is 43.5 Å². The third-order valence-corrected chi connectivity index (χ3v) is 4.42. The Morgan fingerprint density at radius 3 is 2.68 bits per heavy atom. The van der Waals surface area contributed by atoms with E-state index < -0.39 is 5.91 Å². The first-order valence-corrected chi connectivity index (χ1v) is 8.77. The highest BCUT2D eigenvalue weighted by molar-refractivity contribution is 6.01. The Bertz CT molecular complexity index is 1160. The summed E-state index contributed by atoms with van der Waals surface area (Å²) in [6, 6.07) is 13.1. The van der Waals surface area contributed by atoms with Gasteiger partial charge in [0, 0.05) is 35.8 Å². The Morgan fingerprint density at radius 2 is 1.89 bits per heavy atom. The fraction of sp³-hybridized carbons (Fsp3) is 0.0952. The molecule has 0 radical (unpaired) electrons. The molecular formula is C21H18N6O. The minimum absolute atomic E-state index is 0.445. The zero-order chi connectivity index (χ0) is 19.5. The van der Waals surface area contributed by atoms with Gasteiger partial charge in [0.2, 0.25) is 5.91 Å². The predicted octanol–water partition coefficient (Wildman–Crippen LogP) is 3.11. The SMILES string of the molecule is Cc1ccc(CNc2ncnc3ncc(-c4ccccc4C(N)=O)cc23)cn1. The fourth-order valence-corrected chi connectivity index (χ4v) is 2.97. The zero-order valence-corrected chi connectivity index (χ0v) is 15.3. The molecule has 138 valence electrons. The van der Waals surface area contributed by atoms with Crippen molar-refractivity contribution in [3.05, 3.63) is 78.0 Å². The van der Waals surface area contributed by atoms with Crippen LogP contribution in [0.2, 0.25) is 0 Å². The van der Waals surface area contributed by atoms with Gasteiger partial charge in [0.1, 0.15) is 12.1 Å². The number of primary amides is 1. The Hall–Kier alpha value is -3.87. The van der Waals surface area contributed by atoms with Crippen molar-refractivity contribution in [2.24, 2.45) is 5.73 Å². The van der Waals surface area contributed by atoms with Crippen LogP contribution in [0.5, 0.6) is 0 Å². The quantitative estimate of drug-likeness (QED) is 0.559. The van der Waals surface area contributed by atoms with E-state index in [2.05, 4.69) is 25.3 Å². The average Bonchev–Trinajstić information content (AvgIpc) is 2.73. The molecule has 3 N–H and O–H groups in total. The van der Waals surface area contributed by atoms with E-state index >= 15 is 0 Å². The van der Waals surface area contributed by atoms with Gasteiger partial charge in [0.05, 0.1) is 5.39 Å². The van der Waals surface area contributed by atoms with Crippen LogP contribution in [0.4, 0.5) is 5.82 Å². The highest BCUT2D eigenvalue weighted by Crippen LogP contribution is 2.27. The number of carbonyl (C=O) groups is 1. The first-order chi connectivity index (χ1) is 13.6. The minimum atomic E-state index is -0.481. The first-order valence-electron chi connectivity index (χ1n) is 8.77. The Morgan fingerprint density at radius 1 is 1.04 bits per heavy atom. The van der Waals surface area contributed by atoms with Crippen LogP contribution in [-0.4, -0.2) is 25.8 Å². The molecule has 0 aliphatic rings. The number of hydrogen-bond donors (Lipinski definition) is 2. The van der Waals surface area contributed by atoms with Crippen molar-refractivity contribution in [2.75, 3.05) is 5.32 Å². The Labute approximate surface area is 161 Å². The third-order valence-electron chi connectivity index (χ3n) is 4.42. The lowest BCUT2D eigenvalue weighted by molar-refractivity contribution is 0.100. The second-order valence-corrected chi connectivity index (χ2v) is 6.39. The Balaban J connectivity index is 1.72. The van der Waals surface area contributed by atoms with Gasteiger partial charge in [-0.15, -0.1) is 0 Å². The fourth-order valence-electron chi connectivity index (χ4n) is 2.97. The molecule has 1 amide bonds. The lowest BCUT2D eigenvalue weighted by atomic mass is 10.00. The molecule has 0 atom stereocenters. The molecule has 0 aliphatic carbocycles. The van der Waals surface area contributed by atoms with E-state index in [0.29, 0.717) is 23.6 Å². The molecule has 4 rings (SSSR count). The summed E-state index contributed by atoms with van der Waals surface area (Å²) in [6.45, 7) is 2.52. The second kappa shape index (κ2) is 7.40. The van der Waals surface area contributed by atoms with Gasteiger partial charge in [-0.05, 0) is 36.2 Å². The van der Waals surface area contributed by atoms with E-state index in [-0.39, 0.29) is 0 Å². The number of benzene rings is 1. The smallest absolute Gasteiger partial charge is 0.249 e. The molecule has 7 nitrogen and oxygen atoms in total. The van der Waals surface area contributed by atoms with Gasteiger partial charge in [-0.25, -0.2) is 15.0 Å². The summed E-state index contributed by atoms with van der Waals surface area (Å²) in [7, 11) is 0. The van der Waals surface area contributed by atoms with Crippen LogP contribution in [0, 0.1) is 6.92 Å². The minimum Gasteiger partial charge on any atom is -0.366 e. The number of nitrogens with two attached hydrogens (primary N) is 1. The summed E-state index contributed by atoms with van der Waals surface area (Å²) >= 11 is 0. The molecule has 0 spiro atoms. The van der Waals surface area contributed by atoms with Crippen molar-refractivity contribution in [1.29, 1.82) is 0 Å². The van der Waals surface area contributed by atoms with Crippen molar-refractivity contribution in [3.8, 4) is 11.1 Å². The maximum atomic E-state index is 11.8. The summed E-state index contributed by atoms with van der Waals surface area (Å²) in [4.78, 5) is 29.1. The number of aromatic nitrogens is 4. The van der Waals surface area contributed by atoms with E-state index in [9.17, 15) is 4.79 Å².